The molecular weight excluding hydrogens is 337 g/mol. The highest BCUT2D eigenvalue weighted by atomic mass is 19.1. The van der Waals surface area contributed by atoms with E-state index in [1.54, 1.807) is 19.1 Å². The maximum atomic E-state index is 14.1. The van der Waals surface area contributed by atoms with Gasteiger partial charge < -0.3 is 10.2 Å². The number of carbonyl (C=O) groups excluding carboxylic acids is 2. The number of carbonyl (C=O) groups is 2. The van der Waals surface area contributed by atoms with E-state index in [1.165, 1.54) is 6.07 Å². The summed E-state index contributed by atoms with van der Waals surface area (Å²) in [4.78, 5) is 27.8. The zero-order chi connectivity index (χ0) is 18.7. The van der Waals surface area contributed by atoms with Crippen LogP contribution in [0.25, 0.3) is 0 Å². The van der Waals surface area contributed by atoms with Gasteiger partial charge in [0.15, 0.2) is 0 Å². The SMILES string of the molecule is CC(C(=O)NC(=O)NC1CC1)N1CCN(c2ccc(C#N)cc2F)CC1. The average molecular weight is 359 g/mol. The van der Waals surface area contributed by atoms with Crippen molar-refractivity contribution >= 4 is 17.6 Å². The fraction of sp³-hybridized carbons (Fsp3) is 0.500. The molecule has 1 atom stereocenters. The van der Waals surface area contributed by atoms with Crippen molar-refractivity contribution in [2.75, 3.05) is 31.1 Å². The number of hydrogen-bond acceptors (Lipinski definition) is 5. The largest absolute Gasteiger partial charge is 0.367 e. The van der Waals surface area contributed by atoms with Crippen LogP contribution in [0.4, 0.5) is 14.9 Å². The molecule has 0 radical (unpaired) electrons. The molecule has 1 aliphatic heterocycles. The van der Waals surface area contributed by atoms with Crippen LogP contribution in [0.15, 0.2) is 18.2 Å². The molecule has 1 heterocycles. The molecule has 2 fully saturated rings. The molecule has 8 heteroatoms. The minimum absolute atomic E-state index is 0.198. The Kier molecular flexibility index (Phi) is 5.38. The second kappa shape index (κ2) is 7.70. The second-order valence-electron chi connectivity index (χ2n) is 6.71. The zero-order valence-corrected chi connectivity index (χ0v) is 14.7. The van der Waals surface area contributed by atoms with Gasteiger partial charge in [-0.1, -0.05) is 0 Å². The number of rotatable bonds is 4. The molecule has 3 amide bonds. The van der Waals surface area contributed by atoms with Gasteiger partial charge in [-0.15, -0.1) is 0 Å². The number of nitriles is 1. The first-order valence-electron chi connectivity index (χ1n) is 8.78. The number of anilines is 1. The molecule has 1 aromatic carbocycles. The van der Waals surface area contributed by atoms with E-state index in [1.807, 2.05) is 15.9 Å². The van der Waals surface area contributed by atoms with Crippen LogP contribution in [0.2, 0.25) is 0 Å². The van der Waals surface area contributed by atoms with Gasteiger partial charge in [-0.3, -0.25) is 15.0 Å². The van der Waals surface area contributed by atoms with Crippen molar-refractivity contribution in [1.29, 1.82) is 5.26 Å². The smallest absolute Gasteiger partial charge is 0.321 e. The molecule has 7 nitrogen and oxygen atoms in total. The molecule has 1 aliphatic carbocycles. The Bertz CT molecular complexity index is 736. The number of nitrogens with zero attached hydrogens (tertiary/aromatic N) is 3. The summed E-state index contributed by atoms with van der Waals surface area (Å²) in [7, 11) is 0. The Morgan fingerprint density at radius 2 is 1.96 bits per heavy atom. The highest BCUT2D eigenvalue weighted by Gasteiger charge is 2.29. The third-order valence-electron chi connectivity index (χ3n) is 4.81. The lowest BCUT2D eigenvalue weighted by Gasteiger charge is -2.38. The molecule has 3 rings (SSSR count). The van der Waals surface area contributed by atoms with E-state index in [4.69, 9.17) is 5.26 Å². The van der Waals surface area contributed by atoms with Gasteiger partial charge in [0.1, 0.15) is 5.82 Å². The predicted octanol–water partition coefficient (Wildman–Crippen LogP) is 1.20. The Balaban J connectivity index is 1.51. The van der Waals surface area contributed by atoms with Crippen LogP contribution in [0, 0.1) is 17.1 Å². The number of halogens is 1. The van der Waals surface area contributed by atoms with Crippen LogP contribution in [-0.2, 0) is 4.79 Å². The van der Waals surface area contributed by atoms with Crippen molar-refractivity contribution in [3.63, 3.8) is 0 Å². The summed E-state index contributed by atoms with van der Waals surface area (Å²) in [5.41, 5.74) is 0.754. The molecule has 0 spiro atoms. The summed E-state index contributed by atoms with van der Waals surface area (Å²) >= 11 is 0. The highest BCUT2D eigenvalue weighted by molar-refractivity contribution is 5.97. The van der Waals surface area contributed by atoms with E-state index in [2.05, 4.69) is 10.6 Å². The Morgan fingerprint density at radius 3 is 2.54 bits per heavy atom. The fourth-order valence-corrected chi connectivity index (χ4v) is 3.01. The lowest BCUT2D eigenvalue weighted by Crippen LogP contribution is -2.55. The molecule has 1 aromatic rings. The summed E-state index contributed by atoms with van der Waals surface area (Å²) in [6.45, 7) is 4.05. The quantitative estimate of drug-likeness (QED) is 0.843. The summed E-state index contributed by atoms with van der Waals surface area (Å²) in [6.07, 6.45) is 1.93. The van der Waals surface area contributed by atoms with E-state index in [0.717, 1.165) is 12.8 Å². The van der Waals surface area contributed by atoms with Crippen LogP contribution in [0.5, 0.6) is 0 Å². The van der Waals surface area contributed by atoms with E-state index in [-0.39, 0.29) is 11.9 Å². The first kappa shape index (κ1) is 18.1. The first-order chi connectivity index (χ1) is 12.5. The lowest BCUT2D eigenvalue weighted by molar-refractivity contribution is -0.124. The van der Waals surface area contributed by atoms with Crippen LogP contribution in [-0.4, -0.2) is 55.1 Å². The zero-order valence-electron chi connectivity index (χ0n) is 14.7. The summed E-state index contributed by atoms with van der Waals surface area (Å²) in [5, 5.41) is 13.9. The Hall–Kier alpha value is -2.66. The summed E-state index contributed by atoms with van der Waals surface area (Å²) < 4.78 is 14.1. The number of piperazine rings is 1. The molecule has 1 saturated heterocycles. The van der Waals surface area contributed by atoms with E-state index in [9.17, 15) is 14.0 Å². The third-order valence-corrected chi connectivity index (χ3v) is 4.81. The fourth-order valence-electron chi connectivity index (χ4n) is 3.01. The Morgan fingerprint density at radius 1 is 1.27 bits per heavy atom. The standard InChI is InChI=1S/C18H22FN5O2/c1-12(17(25)22-18(26)21-14-3-4-14)23-6-8-24(9-7-23)16-5-2-13(11-20)10-15(16)19/h2,5,10,12,14H,3-4,6-9H2,1H3,(H2,21,22,25,26). The number of urea groups is 1. The molecule has 1 unspecified atom stereocenters. The van der Waals surface area contributed by atoms with Crippen molar-refractivity contribution in [2.45, 2.75) is 31.8 Å². The van der Waals surface area contributed by atoms with E-state index in [0.29, 0.717) is 37.4 Å². The second-order valence-corrected chi connectivity index (χ2v) is 6.71. The van der Waals surface area contributed by atoms with Crippen LogP contribution < -0.4 is 15.5 Å². The number of hydrogen-bond donors (Lipinski definition) is 2. The van der Waals surface area contributed by atoms with Gasteiger partial charge in [-0.2, -0.15) is 5.26 Å². The maximum Gasteiger partial charge on any atom is 0.321 e. The predicted molar refractivity (Wildman–Crippen MR) is 94.1 cm³/mol. The molecule has 2 N–H and O–H groups in total. The molecule has 138 valence electrons. The maximum absolute atomic E-state index is 14.1. The molecular formula is C18H22FN5O2. The van der Waals surface area contributed by atoms with Crippen molar-refractivity contribution < 1.29 is 14.0 Å². The van der Waals surface area contributed by atoms with Crippen molar-refractivity contribution in [3.8, 4) is 6.07 Å². The highest BCUT2D eigenvalue weighted by Crippen LogP contribution is 2.22. The van der Waals surface area contributed by atoms with Crippen LogP contribution >= 0.6 is 0 Å². The van der Waals surface area contributed by atoms with Crippen LogP contribution in [0.3, 0.4) is 0 Å². The monoisotopic (exact) mass is 359 g/mol. The van der Waals surface area contributed by atoms with Crippen molar-refractivity contribution in [3.05, 3.63) is 29.6 Å². The van der Waals surface area contributed by atoms with E-state index >= 15 is 0 Å². The Labute approximate surface area is 151 Å². The van der Waals surface area contributed by atoms with Gasteiger partial charge in [-0.25, -0.2) is 9.18 Å². The van der Waals surface area contributed by atoms with Crippen molar-refractivity contribution in [2.24, 2.45) is 0 Å². The van der Waals surface area contributed by atoms with Gasteiger partial charge in [0.05, 0.1) is 23.4 Å². The summed E-state index contributed by atoms with van der Waals surface area (Å²) in [5.74, 6) is -0.749. The van der Waals surface area contributed by atoms with Gasteiger partial charge in [-0.05, 0) is 38.0 Å². The number of imide groups is 1. The normalized spacial score (nSPS) is 18.7. The van der Waals surface area contributed by atoms with Crippen LogP contribution in [0.1, 0.15) is 25.3 Å². The van der Waals surface area contributed by atoms with E-state index < -0.39 is 17.9 Å². The lowest BCUT2D eigenvalue weighted by atomic mass is 10.1. The third kappa shape index (κ3) is 4.29. The number of amides is 3. The molecule has 0 bridgehead atoms. The minimum atomic E-state index is -0.442. The van der Waals surface area contributed by atoms with Gasteiger partial charge >= 0.3 is 6.03 Å². The first-order valence-corrected chi connectivity index (χ1v) is 8.78. The van der Waals surface area contributed by atoms with Gasteiger partial charge in [0.25, 0.3) is 0 Å². The topological polar surface area (TPSA) is 88.5 Å². The van der Waals surface area contributed by atoms with Gasteiger partial charge in [0, 0.05) is 32.2 Å². The van der Waals surface area contributed by atoms with Gasteiger partial charge in [0.2, 0.25) is 5.91 Å². The molecule has 0 aromatic heterocycles. The number of benzene rings is 1. The molecule has 1 saturated carbocycles. The average Bonchev–Trinajstić information content (AvgIpc) is 3.44. The summed E-state index contributed by atoms with van der Waals surface area (Å²) in [6, 6.07) is 5.68. The molecule has 2 aliphatic rings. The number of nitrogens with one attached hydrogen (secondary N) is 2. The van der Waals surface area contributed by atoms with Crippen molar-refractivity contribution in [1.82, 2.24) is 15.5 Å². The molecule has 26 heavy (non-hydrogen) atoms. The minimum Gasteiger partial charge on any atom is -0.367 e.